The second-order valence-electron chi connectivity index (χ2n) is 5.04. The van der Waals surface area contributed by atoms with Crippen molar-refractivity contribution in [2.24, 2.45) is 0 Å². The number of nitrogen functional groups attached to an aromatic ring is 1. The second kappa shape index (κ2) is 4.57. The lowest BCUT2D eigenvalue weighted by atomic mass is 10.1. The molecule has 0 spiro atoms. The van der Waals surface area contributed by atoms with E-state index in [2.05, 4.69) is 12.1 Å². The molecule has 2 N–H and O–H groups in total. The lowest BCUT2D eigenvalue weighted by Gasteiger charge is -2.22. The van der Waals surface area contributed by atoms with Crippen LogP contribution in [0.4, 0.5) is 21.5 Å². The fraction of sp³-hybridized carbons (Fsp3) is 0.250. The van der Waals surface area contributed by atoms with E-state index in [-0.39, 0.29) is 5.82 Å². The van der Waals surface area contributed by atoms with E-state index in [1.165, 1.54) is 23.6 Å². The molecule has 2 aromatic rings. The van der Waals surface area contributed by atoms with Gasteiger partial charge in [0.05, 0.1) is 5.69 Å². The molecule has 0 saturated heterocycles. The normalized spacial score (nSPS) is 13.4. The maximum Gasteiger partial charge on any atom is 0.148 e. The van der Waals surface area contributed by atoms with E-state index in [1.807, 2.05) is 18.0 Å². The number of rotatable bonds is 2. The molecule has 0 saturated carbocycles. The highest BCUT2D eigenvalue weighted by molar-refractivity contribution is 5.75. The summed E-state index contributed by atoms with van der Waals surface area (Å²) in [5.74, 6) is -0.289. The SMILES string of the molecule is CN(c1ccc2c(c1)CCC2)c1c(N)cccc1F. The Balaban J connectivity index is 2.02. The van der Waals surface area contributed by atoms with Crippen LogP contribution in [0.2, 0.25) is 0 Å². The van der Waals surface area contributed by atoms with Gasteiger partial charge >= 0.3 is 0 Å². The molecule has 0 heterocycles. The smallest absolute Gasteiger partial charge is 0.148 e. The van der Waals surface area contributed by atoms with Gasteiger partial charge in [0, 0.05) is 12.7 Å². The van der Waals surface area contributed by atoms with Crippen LogP contribution in [-0.2, 0) is 12.8 Å². The van der Waals surface area contributed by atoms with Crippen LogP contribution in [0.3, 0.4) is 0 Å². The van der Waals surface area contributed by atoms with Crippen LogP contribution in [0.1, 0.15) is 17.5 Å². The Hall–Kier alpha value is -2.03. The number of anilines is 3. The Morgan fingerprint density at radius 2 is 1.89 bits per heavy atom. The highest BCUT2D eigenvalue weighted by Gasteiger charge is 2.16. The predicted octanol–water partition coefficient (Wildman–Crippen LogP) is 3.66. The van der Waals surface area contributed by atoms with Crippen molar-refractivity contribution < 1.29 is 4.39 Å². The van der Waals surface area contributed by atoms with Crippen LogP contribution in [0.25, 0.3) is 0 Å². The van der Waals surface area contributed by atoms with Crippen molar-refractivity contribution in [3.8, 4) is 0 Å². The van der Waals surface area contributed by atoms with E-state index < -0.39 is 0 Å². The van der Waals surface area contributed by atoms with E-state index in [1.54, 1.807) is 12.1 Å². The predicted molar refractivity (Wildman–Crippen MR) is 77.3 cm³/mol. The third kappa shape index (κ3) is 2.05. The monoisotopic (exact) mass is 256 g/mol. The van der Waals surface area contributed by atoms with Crippen molar-refractivity contribution in [2.45, 2.75) is 19.3 Å². The van der Waals surface area contributed by atoms with Gasteiger partial charge in [-0.1, -0.05) is 12.1 Å². The first-order chi connectivity index (χ1) is 9.16. The molecule has 1 aliphatic carbocycles. The zero-order valence-electron chi connectivity index (χ0n) is 11.0. The van der Waals surface area contributed by atoms with E-state index in [0.29, 0.717) is 11.4 Å². The molecule has 2 nitrogen and oxygen atoms in total. The molecule has 0 aliphatic heterocycles. The van der Waals surface area contributed by atoms with Gasteiger partial charge in [-0.05, 0) is 54.7 Å². The van der Waals surface area contributed by atoms with Crippen LogP contribution < -0.4 is 10.6 Å². The number of hydrogen-bond donors (Lipinski definition) is 1. The fourth-order valence-electron chi connectivity index (χ4n) is 2.78. The number of halogens is 1. The van der Waals surface area contributed by atoms with E-state index >= 15 is 0 Å². The molecule has 0 fully saturated rings. The average Bonchev–Trinajstić information content (AvgIpc) is 2.85. The van der Waals surface area contributed by atoms with Gasteiger partial charge in [0.25, 0.3) is 0 Å². The van der Waals surface area contributed by atoms with Gasteiger partial charge in [-0.15, -0.1) is 0 Å². The molecule has 0 atom stereocenters. The van der Waals surface area contributed by atoms with Crippen LogP contribution >= 0.6 is 0 Å². The maximum atomic E-state index is 13.9. The van der Waals surface area contributed by atoms with Gasteiger partial charge in [0.1, 0.15) is 11.5 Å². The van der Waals surface area contributed by atoms with Crippen molar-refractivity contribution in [2.75, 3.05) is 17.7 Å². The van der Waals surface area contributed by atoms with Gasteiger partial charge in [0.2, 0.25) is 0 Å². The molecule has 3 heteroatoms. The average molecular weight is 256 g/mol. The molecule has 2 aromatic carbocycles. The van der Waals surface area contributed by atoms with Crippen LogP contribution in [0.15, 0.2) is 36.4 Å². The summed E-state index contributed by atoms with van der Waals surface area (Å²) in [4.78, 5) is 1.82. The van der Waals surface area contributed by atoms with Crippen molar-refractivity contribution >= 4 is 17.1 Å². The van der Waals surface area contributed by atoms with Crippen molar-refractivity contribution in [3.63, 3.8) is 0 Å². The minimum atomic E-state index is -0.289. The zero-order chi connectivity index (χ0) is 13.4. The molecule has 0 amide bonds. The number of nitrogens with zero attached hydrogens (tertiary/aromatic N) is 1. The Kier molecular flexibility index (Phi) is 2.90. The molecule has 0 radical (unpaired) electrons. The number of aryl methyl sites for hydroxylation is 2. The summed E-state index contributed by atoms with van der Waals surface area (Å²) in [7, 11) is 1.85. The minimum absolute atomic E-state index is 0.289. The summed E-state index contributed by atoms with van der Waals surface area (Å²) < 4.78 is 13.9. The molecule has 0 unspecified atom stereocenters. The summed E-state index contributed by atoms with van der Waals surface area (Å²) in [6, 6.07) is 11.1. The summed E-state index contributed by atoms with van der Waals surface area (Å²) in [5, 5.41) is 0. The topological polar surface area (TPSA) is 29.3 Å². The van der Waals surface area contributed by atoms with Gasteiger partial charge in [-0.3, -0.25) is 0 Å². The van der Waals surface area contributed by atoms with Crippen molar-refractivity contribution in [1.82, 2.24) is 0 Å². The number of hydrogen-bond acceptors (Lipinski definition) is 2. The van der Waals surface area contributed by atoms with Crippen LogP contribution in [0.5, 0.6) is 0 Å². The number of nitrogens with two attached hydrogens (primary N) is 1. The number of benzene rings is 2. The Bertz CT molecular complexity index is 602. The summed E-state index contributed by atoms with van der Waals surface area (Å²) in [6.07, 6.45) is 3.48. The summed E-state index contributed by atoms with van der Waals surface area (Å²) in [5.41, 5.74) is 10.6. The number of fused-ring (bicyclic) bond motifs is 1. The Morgan fingerprint density at radius 3 is 2.68 bits per heavy atom. The summed E-state index contributed by atoms with van der Waals surface area (Å²) in [6.45, 7) is 0. The van der Waals surface area contributed by atoms with Gasteiger partial charge in [0.15, 0.2) is 0 Å². The summed E-state index contributed by atoms with van der Waals surface area (Å²) >= 11 is 0. The van der Waals surface area contributed by atoms with Gasteiger partial charge < -0.3 is 10.6 Å². The fourth-order valence-corrected chi connectivity index (χ4v) is 2.78. The first-order valence-electron chi connectivity index (χ1n) is 6.56. The van der Waals surface area contributed by atoms with Crippen molar-refractivity contribution in [1.29, 1.82) is 0 Å². The van der Waals surface area contributed by atoms with Gasteiger partial charge in [-0.25, -0.2) is 4.39 Å². The second-order valence-corrected chi connectivity index (χ2v) is 5.04. The largest absolute Gasteiger partial charge is 0.397 e. The first kappa shape index (κ1) is 12.0. The third-order valence-electron chi connectivity index (χ3n) is 3.82. The van der Waals surface area contributed by atoms with E-state index in [9.17, 15) is 4.39 Å². The zero-order valence-corrected chi connectivity index (χ0v) is 11.0. The Morgan fingerprint density at radius 1 is 1.11 bits per heavy atom. The highest BCUT2D eigenvalue weighted by Crippen LogP contribution is 2.34. The van der Waals surface area contributed by atoms with Crippen LogP contribution in [0, 0.1) is 5.82 Å². The lowest BCUT2D eigenvalue weighted by Crippen LogP contribution is -2.13. The molecule has 0 bridgehead atoms. The van der Waals surface area contributed by atoms with Gasteiger partial charge in [-0.2, -0.15) is 0 Å². The first-order valence-corrected chi connectivity index (χ1v) is 6.56. The van der Waals surface area contributed by atoms with E-state index in [4.69, 9.17) is 5.73 Å². The lowest BCUT2D eigenvalue weighted by molar-refractivity contribution is 0.628. The van der Waals surface area contributed by atoms with Crippen LogP contribution in [-0.4, -0.2) is 7.05 Å². The molecule has 0 aromatic heterocycles. The molecule has 19 heavy (non-hydrogen) atoms. The number of para-hydroxylation sites is 1. The highest BCUT2D eigenvalue weighted by atomic mass is 19.1. The quantitative estimate of drug-likeness (QED) is 0.831. The molecule has 3 rings (SSSR count). The standard InChI is InChI=1S/C16H17FN2/c1-19(16-14(17)6-3-7-15(16)18)13-9-8-11-4-2-5-12(11)10-13/h3,6-10H,2,4-5,18H2,1H3. The maximum absolute atomic E-state index is 13.9. The molecular weight excluding hydrogens is 239 g/mol. The molecule has 98 valence electrons. The third-order valence-corrected chi connectivity index (χ3v) is 3.82. The minimum Gasteiger partial charge on any atom is -0.397 e. The molecule has 1 aliphatic rings. The molecular formula is C16H17FN2. The van der Waals surface area contributed by atoms with E-state index in [0.717, 1.165) is 18.5 Å². The Labute approximate surface area is 112 Å². The van der Waals surface area contributed by atoms with Crippen molar-refractivity contribution in [3.05, 3.63) is 53.3 Å².